The molecule has 18 heavy (non-hydrogen) atoms. The molecule has 0 aromatic heterocycles. The van der Waals surface area contributed by atoms with Crippen molar-refractivity contribution in [3.8, 4) is 0 Å². The highest BCUT2D eigenvalue weighted by Crippen LogP contribution is 2.19. The van der Waals surface area contributed by atoms with Crippen LogP contribution in [0.25, 0.3) is 0 Å². The smallest absolute Gasteiger partial charge is 0.00676 e. The van der Waals surface area contributed by atoms with Crippen LogP contribution in [-0.4, -0.2) is 25.7 Å². The second kappa shape index (κ2) is 13.3. The van der Waals surface area contributed by atoms with E-state index in [-0.39, 0.29) is 0 Å². The zero-order chi connectivity index (χ0) is 13.6. The van der Waals surface area contributed by atoms with Gasteiger partial charge in [-0.1, -0.05) is 25.7 Å². The van der Waals surface area contributed by atoms with E-state index in [0.717, 1.165) is 45.3 Å². The van der Waals surface area contributed by atoms with E-state index >= 15 is 0 Å². The Bertz CT molecular complexity index is 164. The number of hydrogen-bond acceptors (Lipinski definition) is 4. The van der Waals surface area contributed by atoms with Gasteiger partial charge in [-0.2, -0.15) is 0 Å². The van der Waals surface area contributed by atoms with Gasteiger partial charge in [-0.3, -0.25) is 0 Å². The van der Waals surface area contributed by atoms with Crippen molar-refractivity contribution in [2.75, 3.05) is 19.6 Å². The lowest BCUT2D eigenvalue weighted by molar-refractivity contribution is 0.338. The summed E-state index contributed by atoms with van der Waals surface area (Å²) in [6.45, 7) is 2.34. The summed E-state index contributed by atoms with van der Waals surface area (Å²) in [5.74, 6) is 0.589. The van der Waals surface area contributed by atoms with E-state index in [2.05, 4.69) is 0 Å². The number of unbranched alkanes of at least 4 members (excludes halogenated alkanes) is 4. The fraction of sp³-hybridized carbons (Fsp3) is 1.00. The Morgan fingerprint density at radius 3 is 1.61 bits per heavy atom. The van der Waals surface area contributed by atoms with Crippen LogP contribution in [0, 0.1) is 5.92 Å². The van der Waals surface area contributed by atoms with Gasteiger partial charge in [0.05, 0.1) is 0 Å². The largest absolute Gasteiger partial charge is 0.330 e. The first-order valence-electron chi connectivity index (χ1n) is 7.62. The molecule has 0 saturated carbocycles. The van der Waals surface area contributed by atoms with E-state index in [4.69, 9.17) is 22.9 Å². The molecule has 0 spiro atoms. The normalized spacial score (nSPS) is 14.7. The van der Waals surface area contributed by atoms with Crippen molar-refractivity contribution < 1.29 is 0 Å². The van der Waals surface area contributed by atoms with Gasteiger partial charge in [-0.15, -0.1) is 0 Å². The fourth-order valence-corrected chi connectivity index (χ4v) is 2.45. The molecule has 0 radical (unpaired) electrons. The van der Waals surface area contributed by atoms with Gasteiger partial charge in [-0.05, 0) is 57.7 Å². The Hall–Kier alpha value is -0.160. The van der Waals surface area contributed by atoms with Crippen molar-refractivity contribution in [1.82, 2.24) is 0 Å². The maximum Gasteiger partial charge on any atom is 0.00676 e. The van der Waals surface area contributed by atoms with Crippen LogP contribution in [0.5, 0.6) is 0 Å². The molecule has 4 nitrogen and oxygen atoms in total. The molecule has 0 aromatic rings. The van der Waals surface area contributed by atoms with Crippen LogP contribution in [0.1, 0.15) is 57.8 Å². The lowest BCUT2D eigenvalue weighted by atomic mass is 9.88. The molecule has 0 aliphatic heterocycles. The summed E-state index contributed by atoms with van der Waals surface area (Å²) in [4.78, 5) is 0. The lowest BCUT2D eigenvalue weighted by Gasteiger charge is -2.23. The van der Waals surface area contributed by atoms with E-state index in [1.807, 2.05) is 0 Å². The molecule has 8 N–H and O–H groups in total. The van der Waals surface area contributed by atoms with Crippen LogP contribution in [0.15, 0.2) is 0 Å². The summed E-state index contributed by atoms with van der Waals surface area (Å²) in [6, 6.07) is 0.309. The van der Waals surface area contributed by atoms with Gasteiger partial charge in [0.1, 0.15) is 0 Å². The van der Waals surface area contributed by atoms with Gasteiger partial charge >= 0.3 is 0 Å². The minimum absolute atomic E-state index is 0.309. The molecule has 0 fully saturated rings. The average molecular weight is 258 g/mol. The van der Waals surface area contributed by atoms with Gasteiger partial charge in [-0.25, -0.2) is 0 Å². The third-order valence-corrected chi connectivity index (χ3v) is 3.66. The first-order valence-corrected chi connectivity index (χ1v) is 7.62. The van der Waals surface area contributed by atoms with Crippen LogP contribution in [0.3, 0.4) is 0 Å². The van der Waals surface area contributed by atoms with Crippen molar-refractivity contribution in [1.29, 1.82) is 0 Å². The van der Waals surface area contributed by atoms with Crippen molar-refractivity contribution in [2.24, 2.45) is 28.9 Å². The van der Waals surface area contributed by atoms with Crippen LogP contribution >= 0.6 is 0 Å². The van der Waals surface area contributed by atoms with E-state index in [1.54, 1.807) is 0 Å². The molecular weight excluding hydrogens is 224 g/mol. The minimum Gasteiger partial charge on any atom is -0.330 e. The van der Waals surface area contributed by atoms with Gasteiger partial charge in [0.15, 0.2) is 0 Å². The molecule has 0 aromatic carbocycles. The Balaban J connectivity index is 3.75. The van der Waals surface area contributed by atoms with Crippen molar-refractivity contribution in [2.45, 2.75) is 63.8 Å². The number of rotatable bonds is 13. The Morgan fingerprint density at radius 1 is 0.556 bits per heavy atom. The predicted molar refractivity (Wildman–Crippen MR) is 80.2 cm³/mol. The second-order valence-electron chi connectivity index (χ2n) is 5.28. The summed E-state index contributed by atoms with van der Waals surface area (Å²) in [5.41, 5.74) is 23.0. The highest BCUT2D eigenvalue weighted by molar-refractivity contribution is 4.73. The van der Waals surface area contributed by atoms with Crippen molar-refractivity contribution in [3.05, 3.63) is 0 Å². The fourth-order valence-electron chi connectivity index (χ4n) is 2.45. The summed E-state index contributed by atoms with van der Waals surface area (Å²) in [6.07, 6.45) is 10.5. The molecule has 4 heteroatoms. The van der Waals surface area contributed by atoms with Crippen molar-refractivity contribution >= 4 is 0 Å². The Labute approximate surface area is 113 Å². The topological polar surface area (TPSA) is 104 Å². The highest BCUT2D eigenvalue weighted by atomic mass is 14.7. The summed E-state index contributed by atoms with van der Waals surface area (Å²) in [5, 5.41) is 0. The summed E-state index contributed by atoms with van der Waals surface area (Å²) in [7, 11) is 0. The number of nitrogens with two attached hydrogens (primary N) is 4. The first kappa shape index (κ1) is 17.8. The molecule has 0 aliphatic rings. The van der Waals surface area contributed by atoms with Crippen LogP contribution < -0.4 is 22.9 Å². The molecule has 0 heterocycles. The zero-order valence-electron chi connectivity index (χ0n) is 11.9. The van der Waals surface area contributed by atoms with Gasteiger partial charge in [0.25, 0.3) is 0 Å². The minimum atomic E-state index is 0.309. The monoisotopic (exact) mass is 258 g/mol. The Morgan fingerprint density at radius 2 is 1.11 bits per heavy atom. The van der Waals surface area contributed by atoms with Crippen molar-refractivity contribution in [3.63, 3.8) is 0 Å². The Kier molecular flexibility index (Phi) is 13.2. The molecule has 0 rings (SSSR count). The lowest BCUT2D eigenvalue weighted by Crippen LogP contribution is -2.31. The molecule has 0 bridgehead atoms. The zero-order valence-corrected chi connectivity index (χ0v) is 11.9. The maximum atomic E-state index is 6.29. The van der Waals surface area contributed by atoms with Gasteiger partial charge < -0.3 is 22.9 Å². The van der Waals surface area contributed by atoms with Gasteiger partial charge in [0, 0.05) is 6.04 Å². The quantitative estimate of drug-likeness (QED) is 0.374. The van der Waals surface area contributed by atoms with Crippen LogP contribution in [0.4, 0.5) is 0 Å². The molecule has 0 aliphatic carbocycles. The third-order valence-electron chi connectivity index (χ3n) is 3.66. The van der Waals surface area contributed by atoms with E-state index in [0.29, 0.717) is 12.0 Å². The molecule has 110 valence electrons. The highest BCUT2D eigenvalue weighted by Gasteiger charge is 2.16. The molecular formula is C14H34N4. The first-order chi connectivity index (χ1) is 8.76. The summed E-state index contributed by atoms with van der Waals surface area (Å²) < 4.78 is 0. The maximum absolute atomic E-state index is 6.29. The molecule has 0 amide bonds. The molecule has 0 saturated heterocycles. The SMILES string of the molecule is NCCCCCC(N)C(CCN)CCCCCN. The van der Waals surface area contributed by atoms with E-state index in [1.165, 1.54) is 32.1 Å². The average Bonchev–Trinajstić information content (AvgIpc) is 2.38. The van der Waals surface area contributed by atoms with Crippen LogP contribution in [0.2, 0.25) is 0 Å². The molecule has 2 atom stereocenters. The predicted octanol–water partition coefficient (Wildman–Crippen LogP) is 1.32. The van der Waals surface area contributed by atoms with E-state index < -0.39 is 0 Å². The second-order valence-corrected chi connectivity index (χ2v) is 5.28. The third kappa shape index (κ3) is 9.83. The van der Waals surface area contributed by atoms with Gasteiger partial charge in [0.2, 0.25) is 0 Å². The number of hydrogen-bond donors (Lipinski definition) is 4. The van der Waals surface area contributed by atoms with Crippen LogP contribution in [-0.2, 0) is 0 Å². The van der Waals surface area contributed by atoms with E-state index in [9.17, 15) is 0 Å². The summed E-state index contributed by atoms with van der Waals surface area (Å²) >= 11 is 0. The molecule has 2 unspecified atom stereocenters. The standard InChI is InChI=1S/C14H34N4/c15-10-5-1-3-7-13(9-12-17)14(18)8-4-2-6-11-16/h13-14H,1-12,15-18H2.